The van der Waals surface area contributed by atoms with Gasteiger partial charge >= 0.3 is 0 Å². The number of hydrogen-bond donors (Lipinski definition) is 1. The van der Waals surface area contributed by atoms with E-state index in [1.54, 1.807) is 0 Å². The Morgan fingerprint density at radius 2 is 2.18 bits per heavy atom. The summed E-state index contributed by atoms with van der Waals surface area (Å²) in [5.74, 6) is 0. The first-order chi connectivity index (χ1) is 8.18. The van der Waals surface area contributed by atoms with Crippen LogP contribution in [0, 0.1) is 0 Å². The third-order valence-corrected chi connectivity index (χ3v) is 3.75. The Hall–Kier alpha value is -1.19. The number of aromatic nitrogens is 1. The molecule has 0 aliphatic heterocycles. The van der Waals surface area contributed by atoms with E-state index in [0.29, 0.717) is 10.0 Å². The van der Waals surface area contributed by atoms with Crippen LogP contribution in [0.4, 0.5) is 0 Å². The smallest absolute Gasteiger partial charge is 0.105 e. The van der Waals surface area contributed by atoms with Crippen molar-refractivity contribution in [1.29, 1.82) is 0 Å². The number of pyridine rings is 1. The van der Waals surface area contributed by atoms with Crippen molar-refractivity contribution < 1.29 is 0 Å². The minimum Gasteiger partial charge on any atom is -0.389 e. The second-order valence-corrected chi connectivity index (χ2v) is 5.11. The topological polar surface area (TPSA) is 38.9 Å². The molecule has 1 aromatic heterocycles. The van der Waals surface area contributed by atoms with Gasteiger partial charge in [0.05, 0.1) is 10.5 Å². The zero-order valence-electron chi connectivity index (χ0n) is 9.16. The predicted octanol–water partition coefficient (Wildman–Crippen LogP) is 3.01. The van der Waals surface area contributed by atoms with E-state index in [9.17, 15) is 0 Å². The first-order valence-electron chi connectivity index (χ1n) is 5.58. The summed E-state index contributed by atoms with van der Waals surface area (Å²) < 4.78 is 0. The summed E-state index contributed by atoms with van der Waals surface area (Å²) in [4.78, 5) is 5.09. The number of rotatable bonds is 1. The number of benzene rings is 1. The van der Waals surface area contributed by atoms with Gasteiger partial charge in [-0.1, -0.05) is 36.0 Å². The number of nitrogens with two attached hydrogens (primary N) is 1. The van der Waals surface area contributed by atoms with Gasteiger partial charge in [-0.15, -0.1) is 0 Å². The van der Waals surface area contributed by atoms with Gasteiger partial charge in [-0.2, -0.15) is 0 Å². The van der Waals surface area contributed by atoms with Gasteiger partial charge in [0.15, 0.2) is 0 Å². The fraction of sp³-hybridized carbons (Fsp3) is 0.231. The van der Waals surface area contributed by atoms with Crippen LogP contribution in [-0.2, 0) is 12.8 Å². The molecule has 4 heteroatoms. The number of hydrogen-bond acceptors (Lipinski definition) is 2. The molecule has 2 N–H and O–H groups in total. The van der Waals surface area contributed by atoms with Crippen molar-refractivity contribution in [3.63, 3.8) is 0 Å². The molecule has 0 unspecified atom stereocenters. The zero-order valence-corrected chi connectivity index (χ0v) is 10.7. The summed E-state index contributed by atoms with van der Waals surface area (Å²) in [5, 5.41) is 1.64. The number of fused-ring (bicyclic) bond motifs is 2. The molecule has 0 saturated carbocycles. The highest BCUT2D eigenvalue weighted by Crippen LogP contribution is 2.32. The molecule has 1 aliphatic carbocycles. The lowest BCUT2D eigenvalue weighted by molar-refractivity contribution is 0.901. The largest absolute Gasteiger partial charge is 0.389 e. The summed E-state index contributed by atoms with van der Waals surface area (Å²) in [6, 6.07) is 5.75. The molecule has 0 bridgehead atoms. The predicted molar refractivity (Wildman–Crippen MR) is 74.7 cm³/mol. The number of nitrogens with zero attached hydrogens (tertiary/aromatic N) is 1. The number of halogens is 1. The Kier molecular flexibility index (Phi) is 2.53. The Labute approximate surface area is 110 Å². The van der Waals surface area contributed by atoms with E-state index in [1.807, 2.05) is 18.2 Å². The molecule has 0 atom stereocenters. The van der Waals surface area contributed by atoms with Crippen LogP contribution in [0.1, 0.15) is 23.2 Å². The lowest BCUT2D eigenvalue weighted by Gasteiger charge is -2.11. The highest BCUT2D eigenvalue weighted by Gasteiger charge is 2.21. The highest BCUT2D eigenvalue weighted by atomic mass is 35.5. The minimum atomic E-state index is 0.442. The third kappa shape index (κ3) is 1.61. The zero-order chi connectivity index (χ0) is 12.0. The summed E-state index contributed by atoms with van der Waals surface area (Å²) in [7, 11) is 0. The van der Waals surface area contributed by atoms with Crippen molar-refractivity contribution in [3.05, 3.63) is 40.0 Å². The maximum atomic E-state index is 6.19. The van der Waals surface area contributed by atoms with Crippen LogP contribution in [0.5, 0.6) is 0 Å². The second kappa shape index (κ2) is 3.93. The van der Waals surface area contributed by atoms with Gasteiger partial charge < -0.3 is 5.73 Å². The van der Waals surface area contributed by atoms with E-state index in [2.05, 4.69) is 4.98 Å². The van der Waals surface area contributed by atoms with E-state index in [0.717, 1.165) is 41.4 Å². The standard InChI is InChI=1S/C13H11ClN2S/c14-9-5-1-4-8-11(13(15)17)7-3-2-6-10(7)16-12(8)9/h1,4-5H,2-3,6H2,(H2,15,17). The maximum absolute atomic E-state index is 6.19. The molecule has 2 nitrogen and oxygen atoms in total. The molecule has 0 saturated heterocycles. The number of thiocarbonyl (C=S) groups is 1. The van der Waals surface area contributed by atoms with E-state index in [4.69, 9.17) is 29.6 Å². The van der Waals surface area contributed by atoms with Crippen molar-refractivity contribution in [2.45, 2.75) is 19.3 Å². The van der Waals surface area contributed by atoms with E-state index < -0.39 is 0 Å². The van der Waals surface area contributed by atoms with E-state index in [-0.39, 0.29) is 0 Å². The summed E-state index contributed by atoms with van der Waals surface area (Å²) in [6.45, 7) is 0. The SMILES string of the molecule is NC(=S)c1c2c(nc3c(Cl)cccc13)CCC2. The van der Waals surface area contributed by atoms with Crippen molar-refractivity contribution in [3.8, 4) is 0 Å². The first-order valence-corrected chi connectivity index (χ1v) is 6.37. The van der Waals surface area contributed by atoms with Crippen LogP contribution in [0.2, 0.25) is 5.02 Å². The molecular weight excluding hydrogens is 252 g/mol. The van der Waals surface area contributed by atoms with Crippen LogP contribution < -0.4 is 5.73 Å². The molecule has 3 rings (SSSR count). The third-order valence-electron chi connectivity index (χ3n) is 3.24. The van der Waals surface area contributed by atoms with Crippen molar-refractivity contribution in [1.82, 2.24) is 4.98 Å². The lowest BCUT2D eigenvalue weighted by Crippen LogP contribution is -2.14. The monoisotopic (exact) mass is 262 g/mol. The Morgan fingerprint density at radius 1 is 1.35 bits per heavy atom. The van der Waals surface area contributed by atoms with Gasteiger partial charge in [0.25, 0.3) is 0 Å². The van der Waals surface area contributed by atoms with Gasteiger partial charge in [-0.05, 0) is 30.9 Å². The summed E-state index contributed by atoms with van der Waals surface area (Å²) in [6.07, 6.45) is 3.12. The van der Waals surface area contributed by atoms with Gasteiger partial charge in [-0.3, -0.25) is 4.98 Å². The van der Waals surface area contributed by atoms with Crippen LogP contribution in [0.15, 0.2) is 18.2 Å². The van der Waals surface area contributed by atoms with Crippen molar-refractivity contribution in [2.24, 2.45) is 5.73 Å². The Balaban J connectivity index is 2.49. The fourth-order valence-electron chi connectivity index (χ4n) is 2.53. The molecule has 0 amide bonds. The van der Waals surface area contributed by atoms with Crippen LogP contribution >= 0.6 is 23.8 Å². The van der Waals surface area contributed by atoms with Crippen molar-refractivity contribution >= 4 is 39.7 Å². The van der Waals surface area contributed by atoms with Crippen LogP contribution in [-0.4, -0.2) is 9.97 Å². The maximum Gasteiger partial charge on any atom is 0.105 e. The number of para-hydroxylation sites is 1. The molecule has 0 spiro atoms. The molecule has 2 aromatic rings. The molecule has 1 heterocycles. The van der Waals surface area contributed by atoms with Crippen LogP contribution in [0.3, 0.4) is 0 Å². The molecule has 1 aliphatic rings. The quantitative estimate of drug-likeness (QED) is 0.803. The first kappa shape index (κ1) is 10.9. The molecule has 17 heavy (non-hydrogen) atoms. The Bertz CT molecular complexity index is 637. The Morgan fingerprint density at radius 3 is 2.94 bits per heavy atom. The van der Waals surface area contributed by atoms with Gasteiger partial charge in [0.2, 0.25) is 0 Å². The van der Waals surface area contributed by atoms with Gasteiger partial charge in [-0.25, -0.2) is 0 Å². The second-order valence-electron chi connectivity index (χ2n) is 4.27. The fourth-order valence-corrected chi connectivity index (χ4v) is 2.98. The van der Waals surface area contributed by atoms with E-state index >= 15 is 0 Å². The van der Waals surface area contributed by atoms with E-state index in [1.165, 1.54) is 5.56 Å². The normalized spacial score (nSPS) is 13.9. The summed E-state index contributed by atoms with van der Waals surface area (Å²) in [5.41, 5.74) is 9.97. The van der Waals surface area contributed by atoms with Gasteiger partial charge in [0.1, 0.15) is 4.99 Å². The highest BCUT2D eigenvalue weighted by molar-refractivity contribution is 7.80. The van der Waals surface area contributed by atoms with Crippen molar-refractivity contribution in [2.75, 3.05) is 0 Å². The number of aryl methyl sites for hydroxylation is 1. The van der Waals surface area contributed by atoms with Gasteiger partial charge in [0, 0.05) is 16.6 Å². The lowest BCUT2D eigenvalue weighted by atomic mass is 10.0. The molecule has 0 fully saturated rings. The van der Waals surface area contributed by atoms with Crippen LogP contribution in [0.25, 0.3) is 10.9 Å². The summed E-state index contributed by atoms with van der Waals surface area (Å²) >= 11 is 11.4. The molecule has 0 radical (unpaired) electrons. The average molecular weight is 263 g/mol. The minimum absolute atomic E-state index is 0.442. The molecule has 86 valence electrons. The molecule has 1 aromatic carbocycles. The average Bonchev–Trinajstić information content (AvgIpc) is 2.74. The molecular formula is C13H11ClN2S.